The third-order valence-corrected chi connectivity index (χ3v) is 10.2. The van der Waals surface area contributed by atoms with Crippen molar-refractivity contribution in [1.82, 2.24) is 0 Å². The molecule has 0 radical (unpaired) electrons. The lowest BCUT2D eigenvalue weighted by Gasteiger charge is -2.35. The second-order valence-electron chi connectivity index (χ2n) is 12.6. The number of allylic oxidation sites excluding steroid dienone is 4. The molecule has 6 aromatic rings. The molecule has 0 bridgehead atoms. The Morgan fingerprint density at radius 1 is 0.578 bits per heavy atom. The van der Waals surface area contributed by atoms with Crippen molar-refractivity contribution in [2.24, 2.45) is 0 Å². The van der Waals surface area contributed by atoms with Gasteiger partial charge in [-0.1, -0.05) is 133 Å². The number of rotatable bonds is 4. The molecule has 0 aromatic heterocycles. The van der Waals surface area contributed by atoms with Crippen LogP contribution < -0.4 is 5.32 Å². The predicted molar refractivity (Wildman–Crippen MR) is 188 cm³/mol. The molecule has 0 fully saturated rings. The molecule has 3 aliphatic rings. The Balaban J connectivity index is 1.05. The molecule has 1 heteroatoms. The van der Waals surface area contributed by atoms with Gasteiger partial charge in [0.2, 0.25) is 0 Å². The second kappa shape index (κ2) is 10.1. The van der Waals surface area contributed by atoms with Gasteiger partial charge in [0.05, 0.1) is 5.41 Å². The highest BCUT2D eigenvalue weighted by atomic mass is 14.9. The monoisotopic (exact) mass is 575 g/mol. The zero-order valence-electron chi connectivity index (χ0n) is 25.3. The lowest BCUT2D eigenvalue weighted by atomic mass is 9.66. The number of nitrogens with one attached hydrogen (secondary N) is 1. The Bertz CT molecular complexity index is 2120. The van der Waals surface area contributed by atoms with Crippen molar-refractivity contribution in [2.45, 2.75) is 24.7 Å². The van der Waals surface area contributed by atoms with Crippen LogP contribution in [0.2, 0.25) is 0 Å². The fourth-order valence-corrected chi connectivity index (χ4v) is 8.19. The van der Waals surface area contributed by atoms with E-state index in [1.165, 1.54) is 66.8 Å². The minimum atomic E-state index is -0.243. The maximum Gasteiger partial charge on any atom is 0.0688 e. The quantitative estimate of drug-likeness (QED) is 0.220. The molecule has 214 valence electrons. The lowest BCUT2D eigenvalue weighted by Crippen LogP contribution is -2.28. The Labute approximate surface area is 265 Å². The van der Waals surface area contributed by atoms with E-state index in [4.69, 9.17) is 0 Å². The average molecular weight is 576 g/mol. The minimum absolute atomic E-state index is 0.243. The molecule has 6 aromatic carbocycles. The molecule has 1 nitrogen and oxygen atoms in total. The Kier molecular flexibility index (Phi) is 5.83. The molecule has 1 N–H and O–H groups in total. The maximum atomic E-state index is 3.66. The summed E-state index contributed by atoms with van der Waals surface area (Å²) in [4.78, 5) is 0. The zero-order valence-corrected chi connectivity index (χ0v) is 25.3. The van der Waals surface area contributed by atoms with Crippen molar-refractivity contribution in [1.29, 1.82) is 0 Å². The highest BCUT2D eigenvalue weighted by Gasteiger charge is 2.53. The molecule has 3 aliphatic carbocycles. The summed E-state index contributed by atoms with van der Waals surface area (Å²) in [5.74, 6) is 0.316. The standard InChI is InChI=1S/C44H33N/c1-29-27-32(30-11-3-2-4-12-30)22-26-43(29)45-34-23-19-31(20-24-34)33-21-25-38-37-15-7-10-18-41(37)44(42(38)28-33)39-16-8-5-13-35(39)36-14-6-9-17-40(36)44/h2-27,33,45H,28H2,1H3. The van der Waals surface area contributed by atoms with Crippen LogP contribution >= 0.6 is 0 Å². The van der Waals surface area contributed by atoms with Crippen LogP contribution in [0.25, 0.3) is 27.8 Å². The SMILES string of the molecule is Cc1cc(-c2ccccc2)ccc1Nc1ccc(C2C=CC3=C(C2)C2(c4ccccc43)c3ccccc3-c3ccccc32)cc1. The summed E-state index contributed by atoms with van der Waals surface area (Å²) < 4.78 is 0. The molecule has 0 saturated heterocycles. The Hall–Kier alpha value is -5.40. The zero-order chi connectivity index (χ0) is 30.0. The van der Waals surface area contributed by atoms with Crippen LogP contribution in [0.5, 0.6) is 0 Å². The molecule has 0 saturated carbocycles. The largest absolute Gasteiger partial charge is 0.355 e. The summed E-state index contributed by atoms with van der Waals surface area (Å²) >= 11 is 0. The van der Waals surface area contributed by atoms with Gasteiger partial charge in [-0.15, -0.1) is 0 Å². The Morgan fingerprint density at radius 3 is 1.84 bits per heavy atom. The molecule has 0 amide bonds. The molecule has 9 rings (SSSR count). The van der Waals surface area contributed by atoms with Crippen molar-refractivity contribution < 1.29 is 0 Å². The van der Waals surface area contributed by atoms with Crippen molar-refractivity contribution in [3.63, 3.8) is 0 Å². The topological polar surface area (TPSA) is 12.0 Å². The third-order valence-electron chi connectivity index (χ3n) is 10.2. The van der Waals surface area contributed by atoms with E-state index in [0.717, 1.165) is 17.8 Å². The number of benzene rings is 6. The molecule has 45 heavy (non-hydrogen) atoms. The van der Waals surface area contributed by atoms with Gasteiger partial charge in [-0.25, -0.2) is 0 Å². The van der Waals surface area contributed by atoms with E-state index < -0.39 is 0 Å². The van der Waals surface area contributed by atoms with E-state index >= 15 is 0 Å². The van der Waals surface area contributed by atoms with E-state index in [2.05, 4.69) is 170 Å². The maximum absolute atomic E-state index is 3.66. The van der Waals surface area contributed by atoms with Gasteiger partial charge in [0.25, 0.3) is 0 Å². The average Bonchev–Trinajstić information content (AvgIpc) is 3.57. The van der Waals surface area contributed by atoms with Crippen LogP contribution in [-0.4, -0.2) is 0 Å². The second-order valence-corrected chi connectivity index (χ2v) is 12.6. The first kappa shape index (κ1) is 26.0. The minimum Gasteiger partial charge on any atom is -0.355 e. The predicted octanol–water partition coefficient (Wildman–Crippen LogP) is 11.2. The summed E-state index contributed by atoms with van der Waals surface area (Å²) in [6.07, 6.45) is 5.83. The van der Waals surface area contributed by atoms with E-state index in [9.17, 15) is 0 Å². The van der Waals surface area contributed by atoms with Gasteiger partial charge < -0.3 is 5.32 Å². The van der Waals surface area contributed by atoms with Gasteiger partial charge in [0, 0.05) is 17.3 Å². The third kappa shape index (κ3) is 3.87. The van der Waals surface area contributed by atoms with Crippen LogP contribution in [-0.2, 0) is 5.41 Å². The van der Waals surface area contributed by atoms with Gasteiger partial charge in [-0.05, 0) is 104 Å². The van der Waals surface area contributed by atoms with E-state index in [1.54, 1.807) is 0 Å². The summed E-state index contributed by atoms with van der Waals surface area (Å²) in [6.45, 7) is 2.18. The molecule has 1 spiro atoms. The summed E-state index contributed by atoms with van der Waals surface area (Å²) in [6, 6.07) is 53.5. The van der Waals surface area contributed by atoms with Gasteiger partial charge >= 0.3 is 0 Å². The van der Waals surface area contributed by atoms with Crippen molar-refractivity contribution in [3.05, 3.63) is 197 Å². The summed E-state index contributed by atoms with van der Waals surface area (Å²) in [5.41, 5.74) is 18.4. The highest BCUT2D eigenvalue weighted by Crippen LogP contribution is 2.64. The first-order valence-corrected chi connectivity index (χ1v) is 16.0. The van der Waals surface area contributed by atoms with Crippen molar-refractivity contribution in [2.75, 3.05) is 5.32 Å². The number of fused-ring (bicyclic) bond motifs is 9. The van der Waals surface area contributed by atoms with Gasteiger partial charge in [-0.2, -0.15) is 0 Å². The van der Waals surface area contributed by atoms with Crippen molar-refractivity contribution >= 4 is 16.9 Å². The summed E-state index contributed by atoms with van der Waals surface area (Å²) in [7, 11) is 0. The first-order valence-electron chi connectivity index (χ1n) is 16.0. The molecule has 1 unspecified atom stereocenters. The first-order chi connectivity index (χ1) is 22.2. The van der Waals surface area contributed by atoms with Gasteiger partial charge in [-0.3, -0.25) is 0 Å². The molecular weight excluding hydrogens is 542 g/mol. The van der Waals surface area contributed by atoms with E-state index in [-0.39, 0.29) is 5.41 Å². The van der Waals surface area contributed by atoms with Crippen LogP contribution in [0.4, 0.5) is 11.4 Å². The summed E-state index contributed by atoms with van der Waals surface area (Å²) in [5, 5.41) is 3.66. The normalized spacial score (nSPS) is 16.7. The van der Waals surface area contributed by atoms with Gasteiger partial charge in [0.15, 0.2) is 0 Å². The molecule has 0 aliphatic heterocycles. The number of aryl methyl sites for hydroxylation is 1. The van der Waals surface area contributed by atoms with Crippen LogP contribution in [0.1, 0.15) is 45.7 Å². The van der Waals surface area contributed by atoms with E-state index in [1.807, 2.05) is 0 Å². The van der Waals surface area contributed by atoms with Crippen LogP contribution in [0.15, 0.2) is 163 Å². The molecule has 1 atom stereocenters. The van der Waals surface area contributed by atoms with E-state index in [0.29, 0.717) is 5.92 Å². The fourth-order valence-electron chi connectivity index (χ4n) is 8.19. The number of hydrogen-bond donors (Lipinski definition) is 1. The van der Waals surface area contributed by atoms with Gasteiger partial charge in [0.1, 0.15) is 0 Å². The highest BCUT2D eigenvalue weighted by molar-refractivity contribution is 5.97. The van der Waals surface area contributed by atoms with Crippen molar-refractivity contribution in [3.8, 4) is 22.3 Å². The smallest absolute Gasteiger partial charge is 0.0688 e. The lowest BCUT2D eigenvalue weighted by molar-refractivity contribution is 0.679. The fraction of sp³-hybridized carbons (Fsp3) is 0.0909. The van der Waals surface area contributed by atoms with Crippen LogP contribution in [0.3, 0.4) is 0 Å². The number of anilines is 2. The number of hydrogen-bond acceptors (Lipinski definition) is 1. The molecule has 0 heterocycles. The molecular formula is C44H33N. The Morgan fingerprint density at radius 2 is 1.18 bits per heavy atom. The van der Waals surface area contributed by atoms with Crippen LogP contribution in [0, 0.1) is 6.92 Å².